The Morgan fingerprint density at radius 2 is 2.09 bits per heavy atom. The summed E-state index contributed by atoms with van der Waals surface area (Å²) in [6.45, 7) is 4.44. The SMILES string of the molecule is CC1=CC2CNCC2N1.Cl.Cl. The van der Waals surface area contributed by atoms with Crippen molar-refractivity contribution in [2.75, 3.05) is 13.1 Å². The van der Waals surface area contributed by atoms with Gasteiger partial charge in [-0.2, -0.15) is 0 Å². The van der Waals surface area contributed by atoms with Crippen molar-refractivity contribution >= 4 is 24.8 Å². The fraction of sp³-hybridized carbons (Fsp3) is 0.714. The van der Waals surface area contributed by atoms with Crippen molar-refractivity contribution in [2.45, 2.75) is 13.0 Å². The van der Waals surface area contributed by atoms with E-state index in [1.54, 1.807) is 0 Å². The van der Waals surface area contributed by atoms with E-state index in [0.29, 0.717) is 6.04 Å². The molecule has 0 spiro atoms. The van der Waals surface area contributed by atoms with Gasteiger partial charge in [-0.25, -0.2) is 0 Å². The molecule has 0 aromatic heterocycles. The van der Waals surface area contributed by atoms with Crippen molar-refractivity contribution in [1.29, 1.82) is 0 Å². The topological polar surface area (TPSA) is 24.1 Å². The van der Waals surface area contributed by atoms with Gasteiger partial charge in [-0.15, -0.1) is 24.8 Å². The maximum atomic E-state index is 3.41. The lowest BCUT2D eigenvalue weighted by Gasteiger charge is -2.07. The first-order valence-corrected chi connectivity index (χ1v) is 3.52. The van der Waals surface area contributed by atoms with Gasteiger partial charge >= 0.3 is 0 Å². The Balaban J connectivity index is 0.000000500. The van der Waals surface area contributed by atoms with Crippen LogP contribution in [0.3, 0.4) is 0 Å². The van der Waals surface area contributed by atoms with Gasteiger partial charge in [-0.3, -0.25) is 0 Å². The summed E-state index contributed by atoms with van der Waals surface area (Å²) in [5.41, 5.74) is 1.35. The number of halogens is 2. The Kier molecular flexibility index (Phi) is 4.22. The van der Waals surface area contributed by atoms with Gasteiger partial charge in [0.15, 0.2) is 0 Å². The van der Waals surface area contributed by atoms with Gasteiger partial charge in [0, 0.05) is 30.7 Å². The number of hydrogen-bond donors (Lipinski definition) is 2. The van der Waals surface area contributed by atoms with E-state index in [1.807, 2.05) is 0 Å². The largest absolute Gasteiger partial charge is 0.384 e. The molecule has 1 fully saturated rings. The molecule has 1 saturated heterocycles. The third-order valence-electron chi connectivity index (χ3n) is 2.14. The number of allylic oxidation sites excluding steroid dienone is 1. The number of fused-ring (bicyclic) bond motifs is 1. The van der Waals surface area contributed by atoms with Crippen LogP contribution >= 0.6 is 24.8 Å². The van der Waals surface area contributed by atoms with Crippen molar-refractivity contribution in [1.82, 2.24) is 10.6 Å². The molecule has 2 heterocycles. The Labute approximate surface area is 79.6 Å². The molecule has 0 aromatic rings. The minimum Gasteiger partial charge on any atom is -0.384 e. The molecule has 4 heteroatoms. The third kappa shape index (κ3) is 2.01. The van der Waals surface area contributed by atoms with Gasteiger partial charge in [0.25, 0.3) is 0 Å². The lowest BCUT2D eigenvalue weighted by atomic mass is 10.1. The fourth-order valence-corrected chi connectivity index (χ4v) is 1.69. The summed E-state index contributed by atoms with van der Waals surface area (Å²) in [6, 6.07) is 0.699. The van der Waals surface area contributed by atoms with Gasteiger partial charge in [0.2, 0.25) is 0 Å². The average molecular weight is 197 g/mol. The van der Waals surface area contributed by atoms with Crippen LogP contribution in [0.1, 0.15) is 6.92 Å². The molecule has 0 bridgehead atoms. The summed E-state index contributed by atoms with van der Waals surface area (Å²) in [6.07, 6.45) is 2.32. The van der Waals surface area contributed by atoms with Crippen molar-refractivity contribution < 1.29 is 0 Å². The van der Waals surface area contributed by atoms with Crippen LogP contribution in [0.2, 0.25) is 0 Å². The first-order chi connectivity index (χ1) is 4.36. The maximum absolute atomic E-state index is 3.41. The van der Waals surface area contributed by atoms with Gasteiger partial charge in [0.1, 0.15) is 0 Å². The highest BCUT2D eigenvalue weighted by molar-refractivity contribution is 5.85. The first-order valence-electron chi connectivity index (χ1n) is 3.52. The Bertz CT molecular complexity index is 159. The number of rotatable bonds is 0. The van der Waals surface area contributed by atoms with Crippen LogP contribution in [0.4, 0.5) is 0 Å². The second kappa shape index (κ2) is 4.19. The van der Waals surface area contributed by atoms with Crippen molar-refractivity contribution in [3.05, 3.63) is 11.8 Å². The lowest BCUT2D eigenvalue weighted by Crippen LogP contribution is -2.28. The summed E-state index contributed by atoms with van der Waals surface area (Å²) in [5.74, 6) is 0.769. The molecule has 0 aromatic carbocycles. The summed E-state index contributed by atoms with van der Waals surface area (Å²) in [7, 11) is 0. The maximum Gasteiger partial charge on any atom is 0.0458 e. The normalized spacial score (nSPS) is 32.6. The number of hydrogen-bond acceptors (Lipinski definition) is 2. The molecule has 2 aliphatic rings. The molecule has 2 unspecified atom stereocenters. The predicted molar refractivity (Wildman–Crippen MR) is 51.5 cm³/mol. The van der Waals surface area contributed by atoms with Crippen LogP contribution < -0.4 is 10.6 Å². The summed E-state index contributed by atoms with van der Waals surface area (Å²) in [5, 5.41) is 6.75. The quantitative estimate of drug-likeness (QED) is 0.603. The highest BCUT2D eigenvalue weighted by Gasteiger charge is 2.29. The first kappa shape index (κ1) is 11.1. The van der Waals surface area contributed by atoms with Crippen molar-refractivity contribution in [3.63, 3.8) is 0 Å². The van der Waals surface area contributed by atoms with Gasteiger partial charge in [-0.1, -0.05) is 6.08 Å². The van der Waals surface area contributed by atoms with Crippen LogP contribution in [0, 0.1) is 5.92 Å². The smallest absolute Gasteiger partial charge is 0.0458 e. The zero-order valence-corrected chi connectivity index (χ0v) is 8.10. The molecule has 66 valence electrons. The zero-order chi connectivity index (χ0) is 6.27. The Hall–Kier alpha value is 0.0800. The molecule has 2 aliphatic heterocycles. The van der Waals surface area contributed by atoms with Crippen molar-refractivity contribution in [3.8, 4) is 0 Å². The molecule has 11 heavy (non-hydrogen) atoms. The van der Waals surface area contributed by atoms with Crippen LogP contribution in [-0.2, 0) is 0 Å². The van der Waals surface area contributed by atoms with Gasteiger partial charge < -0.3 is 10.6 Å². The zero-order valence-electron chi connectivity index (χ0n) is 6.46. The van der Waals surface area contributed by atoms with Crippen LogP contribution in [0.25, 0.3) is 0 Å². The molecule has 2 nitrogen and oxygen atoms in total. The van der Waals surface area contributed by atoms with Crippen LogP contribution in [-0.4, -0.2) is 19.1 Å². The van der Waals surface area contributed by atoms with Crippen LogP contribution in [0.15, 0.2) is 11.8 Å². The molecule has 0 radical (unpaired) electrons. The minimum absolute atomic E-state index is 0. The van der Waals surface area contributed by atoms with E-state index < -0.39 is 0 Å². The molecular weight excluding hydrogens is 183 g/mol. The van der Waals surface area contributed by atoms with E-state index in [1.165, 1.54) is 5.70 Å². The van der Waals surface area contributed by atoms with E-state index in [9.17, 15) is 0 Å². The second-order valence-corrected chi connectivity index (χ2v) is 2.92. The van der Waals surface area contributed by atoms with E-state index in [0.717, 1.165) is 19.0 Å². The molecule has 0 saturated carbocycles. The van der Waals surface area contributed by atoms with Gasteiger partial charge in [-0.05, 0) is 6.92 Å². The average Bonchev–Trinajstić information content (AvgIpc) is 2.22. The number of nitrogens with one attached hydrogen (secondary N) is 2. The summed E-state index contributed by atoms with van der Waals surface area (Å²) in [4.78, 5) is 0. The summed E-state index contributed by atoms with van der Waals surface area (Å²) >= 11 is 0. The fourth-order valence-electron chi connectivity index (χ4n) is 1.69. The molecular formula is C7H14Cl2N2. The highest BCUT2D eigenvalue weighted by atomic mass is 35.5. The van der Waals surface area contributed by atoms with E-state index in [2.05, 4.69) is 23.6 Å². The Morgan fingerprint density at radius 3 is 2.73 bits per heavy atom. The van der Waals surface area contributed by atoms with Crippen LogP contribution in [0.5, 0.6) is 0 Å². The van der Waals surface area contributed by atoms with E-state index >= 15 is 0 Å². The third-order valence-corrected chi connectivity index (χ3v) is 2.14. The lowest BCUT2D eigenvalue weighted by molar-refractivity contribution is 0.583. The molecule has 2 atom stereocenters. The standard InChI is InChI=1S/C7H12N2.2ClH/c1-5-2-6-3-8-4-7(6)9-5;;/h2,6-9H,3-4H2,1H3;2*1H. The van der Waals surface area contributed by atoms with E-state index in [-0.39, 0.29) is 24.8 Å². The highest BCUT2D eigenvalue weighted by Crippen LogP contribution is 2.18. The van der Waals surface area contributed by atoms with Gasteiger partial charge in [0.05, 0.1) is 0 Å². The second-order valence-electron chi connectivity index (χ2n) is 2.92. The monoisotopic (exact) mass is 196 g/mol. The molecule has 2 rings (SSSR count). The van der Waals surface area contributed by atoms with E-state index in [4.69, 9.17) is 0 Å². The minimum atomic E-state index is 0. The molecule has 0 amide bonds. The Morgan fingerprint density at radius 1 is 1.36 bits per heavy atom. The predicted octanol–water partition coefficient (Wildman–Crippen LogP) is 0.925. The van der Waals surface area contributed by atoms with Crippen molar-refractivity contribution in [2.24, 2.45) is 5.92 Å². The molecule has 2 N–H and O–H groups in total. The molecule has 0 aliphatic carbocycles. The summed E-state index contributed by atoms with van der Waals surface area (Å²) < 4.78 is 0.